The van der Waals surface area contributed by atoms with Crippen molar-refractivity contribution in [2.75, 3.05) is 12.1 Å². The molecule has 2 N–H and O–H groups in total. The van der Waals surface area contributed by atoms with Gasteiger partial charge in [-0.05, 0) is 30.0 Å². The van der Waals surface area contributed by atoms with Crippen LogP contribution in [0, 0.1) is 0 Å². The second-order valence-corrected chi connectivity index (χ2v) is 4.65. The zero-order chi connectivity index (χ0) is 14.8. The van der Waals surface area contributed by atoms with E-state index in [2.05, 4.69) is 16.9 Å². The molecule has 2 heterocycles. The normalized spacial score (nSPS) is 13.9. The Hall–Kier alpha value is -2.76. The van der Waals surface area contributed by atoms with E-state index in [-0.39, 0.29) is 6.79 Å². The lowest BCUT2D eigenvalue weighted by atomic mass is 10.1. The summed E-state index contributed by atoms with van der Waals surface area (Å²) in [7, 11) is 0. The minimum absolute atomic E-state index is 0.191. The van der Waals surface area contributed by atoms with E-state index in [1.807, 2.05) is 12.1 Å². The standard InChI is InChI=1S/C15H14N2O4/c1-2-3-11(15(18)19)17-14-10-7-13-12(20-8-21-13)6-9(10)4-5-16-14/h2,4-7,11H,1,3,8H2,(H,16,17)(H,18,19). The number of aromatic nitrogens is 1. The van der Waals surface area contributed by atoms with Crippen LogP contribution < -0.4 is 14.8 Å². The molecule has 2 aromatic rings. The largest absolute Gasteiger partial charge is 0.480 e. The fraction of sp³-hybridized carbons (Fsp3) is 0.200. The summed E-state index contributed by atoms with van der Waals surface area (Å²) in [4.78, 5) is 15.5. The molecule has 1 unspecified atom stereocenters. The van der Waals surface area contributed by atoms with Crippen molar-refractivity contribution in [3.63, 3.8) is 0 Å². The fourth-order valence-electron chi connectivity index (χ4n) is 2.23. The Balaban J connectivity index is 2.02. The Labute approximate surface area is 121 Å². The van der Waals surface area contributed by atoms with Gasteiger partial charge in [0.1, 0.15) is 11.9 Å². The summed E-state index contributed by atoms with van der Waals surface area (Å²) in [6, 6.07) is 4.73. The third-order valence-electron chi connectivity index (χ3n) is 3.27. The number of benzene rings is 1. The van der Waals surface area contributed by atoms with E-state index in [4.69, 9.17) is 9.47 Å². The van der Waals surface area contributed by atoms with Crippen LogP contribution in [0.2, 0.25) is 0 Å². The minimum Gasteiger partial charge on any atom is -0.480 e. The van der Waals surface area contributed by atoms with Gasteiger partial charge < -0.3 is 19.9 Å². The number of nitrogens with one attached hydrogen (secondary N) is 1. The van der Waals surface area contributed by atoms with Crippen LogP contribution in [0.4, 0.5) is 5.82 Å². The zero-order valence-electron chi connectivity index (χ0n) is 11.2. The third kappa shape index (κ3) is 2.47. The average Bonchev–Trinajstić information content (AvgIpc) is 2.92. The van der Waals surface area contributed by atoms with Crippen molar-refractivity contribution < 1.29 is 19.4 Å². The maximum atomic E-state index is 11.2. The summed E-state index contributed by atoms with van der Waals surface area (Å²) >= 11 is 0. The SMILES string of the molecule is C=CCC(Nc1nccc2cc3c(cc12)OCO3)C(=O)O. The van der Waals surface area contributed by atoms with Gasteiger partial charge in [-0.1, -0.05) is 6.08 Å². The van der Waals surface area contributed by atoms with Crippen molar-refractivity contribution in [1.29, 1.82) is 0 Å². The van der Waals surface area contributed by atoms with E-state index in [9.17, 15) is 9.90 Å². The molecule has 3 rings (SSSR count). The molecule has 0 saturated heterocycles. The van der Waals surface area contributed by atoms with E-state index >= 15 is 0 Å². The number of carboxylic acids is 1. The van der Waals surface area contributed by atoms with E-state index < -0.39 is 12.0 Å². The van der Waals surface area contributed by atoms with Crippen LogP contribution in [-0.4, -0.2) is 28.9 Å². The number of carbonyl (C=O) groups is 1. The number of nitrogens with zero attached hydrogens (tertiary/aromatic N) is 1. The molecule has 0 aliphatic carbocycles. The van der Waals surface area contributed by atoms with Crippen molar-refractivity contribution in [3.05, 3.63) is 37.1 Å². The van der Waals surface area contributed by atoms with Crippen molar-refractivity contribution in [2.24, 2.45) is 0 Å². The number of hydrogen-bond donors (Lipinski definition) is 2. The molecule has 6 nitrogen and oxygen atoms in total. The number of rotatable bonds is 5. The molecule has 21 heavy (non-hydrogen) atoms. The van der Waals surface area contributed by atoms with Crippen molar-refractivity contribution in [2.45, 2.75) is 12.5 Å². The summed E-state index contributed by atoms with van der Waals surface area (Å²) < 4.78 is 10.7. The first-order chi connectivity index (χ1) is 10.2. The lowest BCUT2D eigenvalue weighted by molar-refractivity contribution is -0.137. The Bertz CT molecular complexity index is 714. The van der Waals surface area contributed by atoms with Crippen molar-refractivity contribution in [3.8, 4) is 11.5 Å². The molecule has 0 saturated carbocycles. The maximum Gasteiger partial charge on any atom is 0.326 e. The second kappa shape index (κ2) is 5.32. The quantitative estimate of drug-likeness (QED) is 0.821. The maximum absolute atomic E-state index is 11.2. The Morgan fingerprint density at radius 3 is 2.95 bits per heavy atom. The molecular weight excluding hydrogens is 272 g/mol. The van der Waals surface area contributed by atoms with Gasteiger partial charge in [0, 0.05) is 11.6 Å². The predicted molar refractivity (Wildman–Crippen MR) is 77.7 cm³/mol. The Kier molecular flexibility index (Phi) is 3.35. The zero-order valence-corrected chi connectivity index (χ0v) is 11.2. The molecule has 0 spiro atoms. The average molecular weight is 286 g/mol. The lowest BCUT2D eigenvalue weighted by Gasteiger charge is -2.15. The number of carboxylic acid groups (broad SMARTS) is 1. The van der Waals surface area contributed by atoms with Gasteiger partial charge in [0.15, 0.2) is 11.5 Å². The van der Waals surface area contributed by atoms with Gasteiger partial charge >= 0.3 is 5.97 Å². The third-order valence-corrected chi connectivity index (χ3v) is 3.27. The highest BCUT2D eigenvalue weighted by molar-refractivity contribution is 5.95. The van der Waals surface area contributed by atoms with E-state index in [0.717, 1.165) is 10.8 Å². The Morgan fingerprint density at radius 1 is 1.48 bits per heavy atom. The first-order valence-electron chi connectivity index (χ1n) is 6.47. The van der Waals surface area contributed by atoms with Gasteiger partial charge in [0.05, 0.1) is 0 Å². The molecular formula is C15H14N2O4. The topological polar surface area (TPSA) is 80.7 Å². The summed E-state index contributed by atoms with van der Waals surface area (Å²) in [5.41, 5.74) is 0. The van der Waals surface area contributed by atoms with Crippen LogP contribution >= 0.6 is 0 Å². The number of pyridine rings is 1. The van der Waals surface area contributed by atoms with Gasteiger partial charge in [0.2, 0.25) is 6.79 Å². The van der Waals surface area contributed by atoms with E-state index in [0.29, 0.717) is 23.7 Å². The summed E-state index contributed by atoms with van der Waals surface area (Å²) in [6.45, 7) is 3.76. The van der Waals surface area contributed by atoms with Crippen LogP contribution in [0.5, 0.6) is 11.5 Å². The van der Waals surface area contributed by atoms with E-state index in [1.165, 1.54) is 0 Å². The molecule has 1 aromatic heterocycles. The highest BCUT2D eigenvalue weighted by Gasteiger charge is 2.19. The number of anilines is 1. The van der Waals surface area contributed by atoms with Gasteiger partial charge in [-0.25, -0.2) is 9.78 Å². The monoisotopic (exact) mass is 286 g/mol. The van der Waals surface area contributed by atoms with Crippen LogP contribution in [0.25, 0.3) is 10.8 Å². The molecule has 0 bridgehead atoms. The fourth-order valence-corrected chi connectivity index (χ4v) is 2.23. The van der Waals surface area contributed by atoms with Gasteiger partial charge in [-0.15, -0.1) is 6.58 Å². The molecule has 0 fully saturated rings. The highest BCUT2D eigenvalue weighted by Crippen LogP contribution is 2.37. The molecule has 108 valence electrons. The van der Waals surface area contributed by atoms with Crippen LogP contribution in [-0.2, 0) is 4.79 Å². The van der Waals surface area contributed by atoms with Crippen LogP contribution in [0.1, 0.15) is 6.42 Å². The minimum atomic E-state index is -0.950. The summed E-state index contributed by atoms with van der Waals surface area (Å²) in [5, 5.41) is 13.8. The van der Waals surface area contributed by atoms with Gasteiger partial charge in [-0.2, -0.15) is 0 Å². The summed E-state index contributed by atoms with van der Waals surface area (Å²) in [5.74, 6) is 0.865. The molecule has 1 aromatic carbocycles. The first-order valence-corrected chi connectivity index (χ1v) is 6.47. The van der Waals surface area contributed by atoms with Gasteiger partial charge in [0.25, 0.3) is 0 Å². The first kappa shape index (κ1) is 13.2. The van der Waals surface area contributed by atoms with Crippen molar-refractivity contribution >= 4 is 22.6 Å². The number of aliphatic carboxylic acids is 1. The second-order valence-electron chi connectivity index (χ2n) is 4.65. The van der Waals surface area contributed by atoms with Gasteiger partial charge in [-0.3, -0.25) is 0 Å². The number of fused-ring (bicyclic) bond motifs is 2. The molecule has 0 amide bonds. The predicted octanol–water partition coefficient (Wildman–Crippen LogP) is 2.40. The van der Waals surface area contributed by atoms with E-state index in [1.54, 1.807) is 18.3 Å². The molecule has 0 radical (unpaired) electrons. The van der Waals surface area contributed by atoms with Crippen LogP contribution in [0.15, 0.2) is 37.1 Å². The molecule has 1 aliphatic rings. The van der Waals surface area contributed by atoms with Crippen LogP contribution in [0.3, 0.4) is 0 Å². The molecule has 6 heteroatoms. The molecule has 1 aliphatic heterocycles. The number of ether oxygens (including phenoxy) is 2. The van der Waals surface area contributed by atoms with Crippen molar-refractivity contribution in [1.82, 2.24) is 4.98 Å². The number of hydrogen-bond acceptors (Lipinski definition) is 5. The molecule has 1 atom stereocenters. The summed E-state index contributed by atoms with van der Waals surface area (Å²) in [6.07, 6.45) is 3.49. The lowest BCUT2D eigenvalue weighted by Crippen LogP contribution is -2.29. The smallest absolute Gasteiger partial charge is 0.326 e. The Morgan fingerprint density at radius 2 is 2.24 bits per heavy atom. The highest BCUT2D eigenvalue weighted by atomic mass is 16.7.